The molecule has 0 N–H and O–H groups in total. The Balaban J connectivity index is 1.43. The number of nitrogens with zero attached hydrogens (tertiary/aromatic N) is 3. The molecule has 2 heterocycles. The van der Waals surface area contributed by atoms with Crippen LogP contribution >= 0.6 is 0 Å². The fraction of sp³-hybridized carbons (Fsp3) is 0.0732. The van der Waals surface area contributed by atoms with Gasteiger partial charge >= 0.3 is 0 Å². The zero-order valence-corrected chi connectivity index (χ0v) is 24.8. The third kappa shape index (κ3) is 5.86. The highest BCUT2D eigenvalue weighted by Crippen LogP contribution is 2.41. The molecule has 0 saturated heterocycles. The van der Waals surface area contributed by atoms with Gasteiger partial charge in [0.2, 0.25) is 0 Å². The molecule has 1 aliphatic rings. The molecule has 0 bridgehead atoms. The van der Waals surface area contributed by atoms with E-state index in [1.165, 1.54) is 27.8 Å². The predicted octanol–water partition coefficient (Wildman–Crippen LogP) is 11.0. The van der Waals surface area contributed by atoms with E-state index >= 15 is 0 Å². The molecule has 6 aromatic rings. The monoisotopic (exact) mass is 567 g/mol. The lowest BCUT2D eigenvalue weighted by Crippen LogP contribution is -2.11. The number of anilines is 3. The van der Waals surface area contributed by atoms with Crippen LogP contribution in [0.1, 0.15) is 24.0 Å². The van der Waals surface area contributed by atoms with E-state index in [1.54, 1.807) is 0 Å². The molecule has 3 nitrogen and oxygen atoms in total. The van der Waals surface area contributed by atoms with Crippen LogP contribution in [-0.2, 0) is 0 Å². The Labute approximate surface area is 259 Å². The first-order valence-corrected chi connectivity index (χ1v) is 15.1. The van der Waals surface area contributed by atoms with E-state index in [4.69, 9.17) is 4.98 Å². The van der Waals surface area contributed by atoms with Gasteiger partial charge in [-0.2, -0.15) is 0 Å². The van der Waals surface area contributed by atoms with Crippen molar-refractivity contribution < 1.29 is 0 Å². The van der Waals surface area contributed by atoms with E-state index in [1.807, 2.05) is 36.7 Å². The fourth-order valence-electron chi connectivity index (χ4n) is 5.87. The molecule has 2 aromatic heterocycles. The SMILES string of the molecule is Cc1cc(-c2ccccn2)cc(N(c2ccc(-c3ccccc3)cc2)c2cc(C3=CCCC=C3)cc(-c3ccccn3)c2)c1. The molecule has 0 atom stereocenters. The molecule has 0 saturated carbocycles. The fourth-order valence-corrected chi connectivity index (χ4v) is 5.87. The third-order valence-corrected chi connectivity index (χ3v) is 7.98. The van der Waals surface area contributed by atoms with E-state index in [0.717, 1.165) is 52.4 Å². The van der Waals surface area contributed by atoms with Crippen molar-refractivity contribution in [3.05, 3.63) is 169 Å². The average molecular weight is 568 g/mol. The van der Waals surface area contributed by atoms with Crippen molar-refractivity contribution in [3.8, 4) is 33.6 Å². The van der Waals surface area contributed by atoms with Crippen LogP contribution in [-0.4, -0.2) is 9.97 Å². The summed E-state index contributed by atoms with van der Waals surface area (Å²) in [6.07, 6.45) is 12.7. The first kappa shape index (κ1) is 27.3. The molecule has 0 radical (unpaired) electrons. The van der Waals surface area contributed by atoms with Gasteiger partial charge < -0.3 is 4.90 Å². The van der Waals surface area contributed by atoms with Crippen LogP contribution < -0.4 is 4.90 Å². The summed E-state index contributed by atoms with van der Waals surface area (Å²) in [5.74, 6) is 0. The van der Waals surface area contributed by atoms with Gasteiger partial charge in [-0.3, -0.25) is 9.97 Å². The number of aryl methyl sites for hydroxylation is 1. The van der Waals surface area contributed by atoms with Gasteiger partial charge in [-0.15, -0.1) is 0 Å². The number of rotatable bonds is 7. The zero-order chi connectivity index (χ0) is 29.7. The maximum Gasteiger partial charge on any atom is 0.0702 e. The van der Waals surface area contributed by atoms with Crippen molar-refractivity contribution in [2.75, 3.05) is 4.90 Å². The summed E-state index contributed by atoms with van der Waals surface area (Å²) in [5, 5.41) is 0. The first-order chi connectivity index (χ1) is 21.7. The zero-order valence-electron chi connectivity index (χ0n) is 24.8. The number of hydrogen-bond donors (Lipinski definition) is 0. The number of aromatic nitrogens is 2. The highest BCUT2D eigenvalue weighted by atomic mass is 15.1. The van der Waals surface area contributed by atoms with Crippen LogP contribution in [0.3, 0.4) is 0 Å². The highest BCUT2D eigenvalue weighted by molar-refractivity contribution is 5.87. The lowest BCUT2D eigenvalue weighted by atomic mass is 9.95. The van der Waals surface area contributed by atoms with E-state index in [-0.39, 0.29) is 0 Å². The summed E-state index contributed by atoms with van der Waals surface area (Å²) < 4.78 is 0. The summed E-state index contributed by atoms with van der Waals surface area (Å²) in [6.45, 7) is 2.15. The van der Waals surface area contributed by atoms with E-state index in [2.05, 4.69) is 138 Å². The minimum Gasteiger partial charge on any atom is -0.310 e. The smallest absolute Gasteiger partial charge is 0.0702 e. The van der Waals surface area contributed by atoms with Crippen LogP contribution in [0, 0.1) is 6.92 Å². The molecular formula is C41H33N3. The largest absolute Gasteiger partial charge is 0.310 e. The van der Waals surface area contributed by atoms with Gasteiger partial charge in [0, 0.05) is 40.6 Å². The molecule has 3 heteroatoms. The maximum atomic E-state index is 4.73. The quantitative estimate of drug-likeness (QED) is 0.192. The van der Waals surface area contributed by atoms with Crippen molar-refractivity contribution in [1.82, 2.24) is 9.97 Å². The highest BCUT2D eigenvalue weighted by Gasteiger charge is 2.18. The number of benzene rings is 4. The number of allylic oxidation sites excluding steroid dienone is 4. The van der Waals surface area contributed by atoms with Gasteiger partial charge in [0.15, 0.2) is 0 Å². The third-order valence-electron chi connectivity index (χ3n) is 7.98. The first-order valence-electron chi connectivity index (χ1n) is 15.1. The molecule has 4 aromatic carbocycles. The average Bonchev–Trinajstić information content (AvgIpc) is 3.10. The number of pyridine rings is 2. The minimum atomic E-state index is 0.953. The van der Waals surface area contributed by atoms with Crippen LogP contribution in [0.15, 0.2) is 158 Å². The molecule has 0 aliphatic heterocycles. The van der Waals surface area contributed by atoms with Crippen molar-refractivity contribution in [1.29, 1.82) is 0 Å². The summed E-state index contributed by atoms with van der Waals surface area (Å²) >= 11 is 0. The second-order valence-corrected chi connectivity index (χ2v) is 11.1. The molecule has 44 heavy (non-hydrogen) atoms. The molecule has 0 amide bonds. The van der Waals surface area contributed by atoms with Gasteiger partial charge in [0.05, 0.1) is 11.4 Å². The Morgan fingerprint density at radius 3 is 1.75 bits per heavy atom. The molecule has 7 rings (SSSR count). The van der Waals surface area contributed by atoms with Crippen LogP contribution in [0.25, 0.3) is 39.2 Å². The summed E-state index contributed by atoms with van der Waals surface area (Å²) in [4.78, 5) is 11.8. The van der Waals surface area contributed by atoms with Gasteiger partial charge in [-0.25, -0.2) is 0 Å². The molecule has 0 fully saturated rings. The topological polar surface area (TPSA) is 29.0 Å². The molecule has 1 aliphatic carbocycles. The van der Waals surface area contributed by atoms with Crippen LogP contribution in [0.5, 0.6) is 0 Å². The van der Waals surface area contributed by atoms with Gasteiger partial charge in [-0.1, -0.05) is 72.8 Å². The minimum absolute atomic E-state index is 0.953. The predicted molar refractivity (Wildman–Crippen MR) is 184 cm³/mol. The molecule has 212 valence electrons. The van der Waals surface area contributed by atoms with Crippen molar-refractivity contribution in [2.45, 2.75) is 19.8 Å². The molecular weight excluding hydrogens is 534 g/mol. The lowest BCUT2D eigenvalue weighted by Gasteiger charge is -2.28. The van der Waals surface area contributed by atoms with Crippen molar-refractivity contribution >= 4 is 22.6 Å². The summed E-state index contributed by atoms with van der Waals surface area (Å²) in [6, 6.07) is 45.1. The van der Waals surface area contributed by atoms with Gasteiger partial charge in [-0.05, 0) is 120 Å². The van der Waals surface area contributed by atoms with Crippen molar-refractivity contribution in [3.63, 3.8) is 0 Å². The Morgan fingerprint density at radius 2 is 1.11 bits per heavy atom. The summed E-state index contributed by atoms with van der Waals surface area (Å²) in [5.41, 5.74) is 13.3. The molecule has 0 spiro atoms. The molecule has 0 unspecified atom stereocenters. The normalized spacial score (nSPS) is 12.5. The standard InChI is InChI=1S/C41H33N3/c1-30-24-35(40-16-8-10-22-42-40)28-38(25-30)44(37-20-18-33(19-21-37)31-12-4-2-5-13-31)39-27-34(32-14-6-3-7-15-32)26-36(29-39)41-17-9-11-23-43-41/h2,4-6,8-29H,3,7H2,1H3. The second-order valence-electron chi connectivity index (χ2n) is 11.1. The lowest BCUT2D eigenvalue weighted by molar-refractivity contribution is 1.04. The Kier molecular flexibility index (Phi) is 7.67. The maximum absolute atomic E-state index is 4.73. The Bertz CT molecular complexity index is 1940. The second kappa shape index (κ2) is 12.4. The van der Waals surface area contributed by atoms with E-state index in [0.29, 0.717) is 0 Å². The van der Waals surface area contributed by atoms with Crippen LogP contribution in [0.4, 0.5) is 17.1 Å². The summed E-state index contributed by atoms with van der Waals surface area (Å²) in [7, 11) is 0. The van der Waals surface area contributed by atoms with E-state index in [9.17, 15) is 0 Å². The Morgan fingerprint density at radius 1 is 0.500 bits per heavy atom. The van der Waals surface area contributed by atoms with Gasteiger partial charge in [0.1, 0.15) is 0 Å². The van der Waals surface area contributed by atoms with Gasteiger partial charge in [0.25, 0.3) is 0 Å². The number of hydrogen-bond acceptors (Lipinski definition) is 3. The van der Waals surface area contributed by atoms with Crippen molar-refractivity contribution in [2.24, 2.45) is 0 Å². The van der Waals surface area contributed by atoms with Crippen LogP contribution in [0.2, 0.25) is 0 Å². The Hall–Kier alpha value is -5.54. The van der Waals surface area contributed by atoms with E-state index < -0.39 is 0 Å².